The van der Waals surface area contributed by atoms with E-state index in [1.165, 1.54) is 0 Å². The molecule has 1 aromatic carbocycles. The zero-order valence-corrected chi connectivity index (χ0v) is 8.68. The molecule has 0 saturated carbocycles. The van der Waals surface area contributed by atoms with Gasteiger partial charge in [0.2, 0.25) is 5.96 Å². The molecule has 0 atom stereocenters. The van der Waals surface area contributed by atoms with Crippen LogP contribution in [-0.4, -0.2) is 5.96 Å². The fraction of sp³-hybridized carbons (Fsp3) is 0.125. The van der Waals surface area contributed by atoms with Crippen LogP contribution in [0.25, 0.3) is 0 Å². The smallest absolute Gasteiger partial charge is 0.235 e. The van der Waals surface area contributed by atoms with E-state index in [-0.39, 0.29) is 12.5 Å². The molecule has 0 fully saturated rings. The Labute approximate surface area is 91.2 Å². The predicted molar refractivity (Wildman–Crippen MR) is 56.9 cm³/mol. The lowest BCUT2D eigenvalue weighted by Gasteiger charge is -2.02. The third kappa shape index (κ3) is 2.68. The van der Waals surface area contributed by atoms with Gasteiger partial charge in [0.25, 0.3) is 0 Å². The number of nitrogens with zero attached hydrogens (tertiary/aromatic N) is 2. The van der Waals surface area contributed by atoms with Gasteiger partial charge in [-0.1, -0.05) is 29.3 Å². The average Bonchev–Trinajstić information content (AvgIpc) is 2.16. The maximum absolute atomic E-state index is 6.59. The van der Waals surface area contributed by atoms with Crippen molar-refractivity contribution in [3.63, 3.8) is 0 Å². The number of hydrogen-bond acceptors (Lipinski definition) is 2. The standard InChI is InChI=1S/C8H8Cl2N4/c9-6-2-1-3-7(10)5(6)4-13-8(11)14-12/h1-3,12H,4H2,(H2,11,13). The van der Waals surface area contributed by atoms with Gasteiger partial charge >= 0.3 is 0 Å². The normalized spacial score (nSPS) is 11.4. The van der Waals surface area contributed by atoms with Crippen LogP contribution in [0.5, 0.6) is 0 Å². The van der Waals surface area contributed by atoms with Crippen LogP contribution in [0.15, 0.2) is 28.3 Å². The van der Waals surface area contributed by atoms with Crippen molar-refractivity contribution in [3.05, 3.63) is 33.8 Å². The number of aliphatic imine (C=N–C) groups is 1. The Kier molecular flexibility index (Phi) is 3.85. The van der Waals surface area contributed by atoms with E-state index in [0.29, 0.717) is 15.6 Å². The first kappa shape index (κ1) is 10.9. The molecule has 3 N–H and O–H groups in total. The molecule has 0 aliphatic heterocycles. The van der Waals surface area contributed by atoms with Crippen LogP contribution in [0, 0.1) is 5.53 Å². The van der Waals surface area contributed by atoms with Gasteiger partial charge in [0.1, 0.15) is 0 Å². The molecule has 1 aromatic rings. The molecule has 74 valence electrons. The lowest BCUT2D eigenvalue weighted by Crippen LogP contribution is -2.07. The van der Waals surface area contributed by atoms with Gasteiger partial charge in [-0.25, -0.2) is 10.5 Å². The van der Waals surface area contributed by atoms with Crippen LogP contribution in [0.3, 0.4) is 0 Å². The lowest BCUT2D eigenvalue weighted by atomic mass is 10.2. The lowest BCUT2D eigenvalue weighted by molar-refractivity contribution is 1.03. The Bertz CT molecular complexity index is 355. The van der Waals surface area contributed by atoms with Gasteiger partial charge in [0.05, 0.1) is 6.54 Å². The molecule has 0 bridgehead atoms. The monoisotopic (exact) mass is 230 g/mol. The molecule has 0 unspecified atom stereocenters. The van der Waals surface area contributed by atoms with Crippen LogP contribution in [-0.2, 0) is 6.54 Å². The summed E-state index contributed by atoms with van der Waals surface area (Å²) in [6.45, 7) is 0.229. The van der Waals surface area contributed by atoms with E-state index in [1.54, 1.807) is 18.2 Å². The minimum absolute atomic E-state index is 0.0963. The summed E-state index contributed by atoms with van der Waals surface area (Å²) >= 11 is 11.8. The molecule has 0 aromatic heterocycles. The largest absolute Gasteiger partial charge is 0.367 e. The highest BCUT2D eigenvalue weighted by atomic mass is 35.5. The fourth-order valence-electron chi connectivity index (χ4n) is 0.879. The predicted octanol–water partition coefficient (Wildman–Crippen LogP) is 2.84. The van der Waals surface area contributed by atoms with Crippen LogP contribution in [0.2, 0.25) is 10.0 Å². The van der Waals surface area contributed by atoms with Gasteiger partial charge in [-0.3, -0.25) is 0 Å². The van der Waals surface area contributed by atoms with Crippen molar-refractivity contribution in [1.29, 1.82) is 5.53 Å². The van der Waals surface area contributed by atoms with E-state index in [4.69, 9.17) is 34.5 Å². The molecule has 1 rings (SSSR count). The van der Waals surface area contributed by atoms with Crippen LogP contribution < -0.4 is 5.73 Å². The Morgan fingerprint density at radius 2 is 1.93 bits per heavy atom. The summed E-state index contributed by atoms with van der Waals surface area (Å²) in [5.41, 5.74) is 12.5. The van der Waals surface area contributed by atoms with Gasteiger partial charge < -0.3 is 5.73 Å². The van der Waals surface area contributed by atoms with Crippen molar-refractivity contribution in [2.75, 3.05) is 0 Å². The second kappa shape index (κ2) is 4.93. The highest BCUT2D eigenvalue weighted by Gasteiger charge is 2.03. The number of hydrogen-bond donors (Lipinski definition) is 2. The van der Waals surface area contributed by atoms with E-state index in [0.717, 1.165) is 0 Å². The molecule has 0 aliphatic carbocycles. The van der Waals surface area contributed by atoms with E-state index >= 15 is 0 Å². The topological polar surface area (TPSA) is 74.6 Å². The van der Waals surface area contributed by atoms with Crippen LogP contribution in [0.1, 0.15) is 5.56 Å². The molecule has 0 amide bonds. The Balaban J connectivity index is 2.91. The minimum Gasteiger partial charge on any atom is -0.367 e. The molecule has 0 aliphatic rings. The average molecular weight is 231 g/mol. The summed E-state index contributed by atoms with van der Waals surface area (Å²) in [7, 11) is 0. The van der Waals surface area contributed by atoms with E-state index in [2.05, 4.69) is 10.1 Å². The molecule has 14 heavy (non-hydrogen) atoms. The quantitative estimate of drug-likeness (QED) is 0.458. The summed E-state index contributed by atoms with van der Waals surface area (Å²) in [4.78, 5) is 3.81. The second-order valence-corrected chi connectivity index (χ2v) is 3.30. The highest BCUT2D eigenvalue weighted by Crippen LogP contribution is 2.24. The van der Waals surface area contributed by atoms with Crippen molar-refractivity contribution >= 4 is 29.2 Å². The molecular formula is C8H8Cl2N4. The van der Waals surface area contributed by atoms with Gasteiger partial charge in [0.15, 0.2) is 0 Å². The molecule has 0 spiro atoms. The molecule has 4 nitrogen and oxygen atoms in total. The maximum atomic E-state index is 6.59. The first-order chi connectivity index (χ1) is 6.65. The summed E-state index contributed by atoms with van der Waals surface area (Å²) in [6, 6.07) is 5.18. The van der Waals surface area contributed by atoms with E-state index in [1.807, 2.05) is 0 Å². The van der Waals surface area contributed by atoms with Gasteiger partial charge in [-0.05, 0) is 12.1 Å². The Hall–Kier alpha value is -1.13. The first-order valence-electron chi connectivity index (χ1n) is 3.75. The van der Waals surface area contributed by atoms with Crippen LogP contribution in [0.4, 0.5) is 0 Å². The molecule has 0 heterocycles. The third-order valence-corrected chi connectivity index (χ3v) is 2.28. The van der Waals surface area contributed by atoms with Crippen molar-refractivity contribution < 1.29 is 0 Å². The Morgan fingerprint density at radius 3 is 2.43 bits per heavy atom. The first-order valence-corrected chi connectivity index (χ1v) is 4.51. The summed E-state index contributed by atoms with van der Waals surface area (Å²) in [5.74, 6) is -0.0963. The Morgan fingerprint density at radius 1 is 1.36 bits per heavy atom. The van der Waals surface area contributed by atoms with Crippen molar-refractivity contribution in [1.82, 2.24) is 0 Å². The zero-order valence-electron chi connectivity index (χ0n) is 7.17. The molecule has 0 radical (unpaired) electrons. The van der Waals surface area contributed by atoms with Gasteiger partial charge in [-0.2, -0.15) is 0 Å². The van der Waals surface area contributed by atoms with Crippen molar-refractivity contribution in [2.24, 2.45) is 15.8 Å². The van der Waals surface area contributed by atoms with Gasteiger partial charge in [-0.15, -0.1) is 5.11 Å². The van der Waals surface area contributed by atoms with Crippen molar-refractivity contribution in [3.8, 4) is 0 Å². The number of rotatable bonds is 2. The number of nitrogens with one attached hydrogen (secondary N) is 1. The van der Waals surface area contributed by atoms with Crippen molar-refractivity contribution in [2.45, 2.75) is 6.54 Å². The minimum atomic E-state index is -0.0963. The van der Waals surface area contributed by atoms with Gasteiger partial charge in [0, 0.05) is 15.6 Å². The number of benzene rings is 1. The summed E-state index contributed by atoms with van der Waals surface area (Å²) in [6.07, 6.45) is 0. The third-order valence-electron chi connectivity index (χ3n) is 1.58. The molecule has 6 heteroatoms. The fourth-order valence-corrected chi connectivity index (χ4v) is 1.40. The number of nitrogens with two attached hydrogens (primary N) is 1. The van der Waals surface area contributed by atoms with E-state index in [9.17, 15) is 0 Å². The van der Waals surface area contributed by atoms with E-state index < -0.39 is 0 Å². The SMILES string of the molecule is N=NC(N)=NCc1c(Cl)cccc1Cl. The zero-order chi connectivity index (χ0) is 10.6. The summed E-state index contributed by atoms with van der Waals surface area (Å²) < 4.78 is 0. The highest BCUT2D eigenvalue weighted by molar-refractivity contribution is 6.35. The summed E-state index contributed by atoms with van der Waals surface area (Å²) in [5, 5.41) is 4.01. The molecule has 0 saturated heterocycles. The second-order valence-electron chi connectivity index (χ2n) is 2.49. The maximum Gasteiger partial charge on any atom is 0.235 e. The number of halogens is 2. The number of guanidine groups is 1. The van der Waals surface area contributed by atoms with Crippen LogP contribution >= 0.6 is 23.2 Å². The molecular weight excluding hydrogens is 223 g/mol.